The Balaban J connectivity index is 1.81. The average Bonchev–Trinajstić information content (AvgIpc) is 2.23. The number of hydrogen-bond acceptors (Lipinski definition) is 4. The molecule has 1 aromatic heterocycles. The van der Waals surface area contributed by atoms with Gasteiger partial charge in [0.05, 0.1) is 18.0 Å². The summed E-state index contributed by atoms with van der Waals surface area (Å²) < 4.78 is 0. The lowest BCUT2D eigenvalue weighted by atomic mass is 9.82. The molecular formula is C11H13N3O. The maximum Gasteiger partial charge on any atom is 0.140 e. The number of rotatable bonds is 3. The summed E-state index contributed by atoms with van der Waals surface area (Å²) >= 11 is 0. The molecule has 15 heavy (non-hydrogen) atoms. The maximum absolute atomic E-state index is 9.11. The molecule has 1 fully saturated rings. The summed E-state index contributed by atoms with van der Waals surface area (Å²) in [6.07, 6.45) is 3.33. The molecule has 1 aromatic rings. The summed E-state index contributed by atoms with van der Waals surface area (Å²) in [5.74, 6) is 0.565. The van der Waals surface area contributed by atoms with Crippen LogP contribution in [-0.4, -0.2) is 22.7 Å². The molecule has 0 atom stereocenters. The lowest BCUT2D eigenvalue weighted by molar-refractivity contribution is 0.0487. The lowest BCUT2D eigenvalue weighted by Gasteiger charge is -2.31. The van der Waals surface area contributed by atoms with Crippen molar-refractivity contribution in [1.29, 1.82) is 5.26 Å². The van der Waals surface area contributed by atoms with E-state index in [1.165, 1.54) is 0 Å². The van der Waals surface area contributed by atoms with Gasteiger partial charge in [-0.05, 0) is 30.9 Å². The molecule has 0 saturated heterocycles. The third kappa shape index (κ3) is 2.45. The van der Waals surface area contributed by atoms with Crippen LogP contribution in [0, 0.1) is 17.2 Å². The van der Waals surface area contributed by atoms with E-state index in [2.05, 4.69) is 10.3 Å². The molecule has 2 rings (SSSR count). The largest absolute Gasteiger partial charge is 0.393 e. The Hall–Kier alpha value is -1.60. The van der Waals surface area contributed by atoms with Crippen LogP contribution >= 0.6 is 0 Å². The quantitative estimate of drug-likeness (QED) is 0.772. The summed E-state index contributed by atoms with van der Waals surface area (Å²) in [7, 11) is 0. The fraction of sp³-hybridized carbons (Fsp3) is 0.455. The molecule has 2 N–H and O–H groups in total. The van der Waals surface area contributed by atoms with Gasteiger partial charge < -0.3 is 10.4 Å². The first-order valence-electron chi connectivity index (χ1n) is 5.06. The van der Waals surface area contributed by atoms with Crippen molar-refractivity contribution >= 4 is 5.69 Å². The summed E-state index contributed by atoms with van der Waals surface area (Å²) in [4.78, 5) is 3.96. The van der Waals surface area contributed by atoms with Gasteiger partial charge in [0, 0.05) is 6.54 Å². The highest BCUT2D eigenvalue weighted by molar-refractivity contribution is 5.42. The van der Waals surface area contributed by atoms with Gasteiger partial charge in [0.1, 0.15) is 11.8 Å². The highest BCUT2D eigenvalue weighted by Crippen LogP contribution is 2.27. The normalized spacial score (nSPS) is 24.0. The highest BCUT2D eigenvalue weighted by atomic mass is 16.3. The van der Waals surface area contributed by atoms with E-state index in [0.717, 1.165) is 25.1 Å². The Morgan fingerprint density at radius 2 is 2.33 bits per heavy atom. The topological polar surface area (TPSA) is 68.9 Å². The monoisotopic (exact) mass is 203 g/mol. The van der Waals surface area contributed by atoms with Gasteiger partial charge in [-0.1, -0.05) is 0 Å². The first kappa shape index (κ1) is 9.94. The van der Waals surface area contributed by atoms with Crippen molar-refractivity contribution < 1.29 is 5.11 Å². The van der Waals surface area contributed by atoms with Gasteiger partial charge in [0.25, 0.3) is 0 Å². The molecule has 0 spiro atoms. The summed E-state index contributed by atoms with van der Waals surface area (Å²) in [5.41, 5.74) is 1.36. The Morgan fingerprint density at radius 1 is 1.53 bits per heavy atom. The van der Waals surface area contributed by atoms with E-state index in [-0.39, 0.29) is 6.10 Å². The minimum absolute atomic E-state index is 0.101. The molecule has 78 valence electrons. The smallest absolute Gasteiger partial charge is 0.140 e. The zero-order valence-corrected chi connectivity index (χ0v) is 8.35. The summed E-state index contributed by atoms with van der Waals surface area (Å²) in [5, 5.41) is 20.9. The SMILES string of the molecule is N#Cc1ccc(NCC2CC(O)C2)cn1. The van der Waals surface area contributed by atoms with E-state index in [1.807, 2.05) is 12.1 Å². The van der Waals surface area contributed by atoms with Gasteiger partial charge in [-0.25, -0.2) is 4.98 Å². The minimum atomic E-state index is -0.101. The number of nitrogens with one attached hydrogen (secondary N) is 1. The highest BCUT2D eigenvalue weighted by Gasteiger charge is 2.26. The number of pyridine rings is 1. The zero-order valence-electron chi connectivity index (χ0n) is 8.35. The minimum Gasteiger partial charge on any atom is -0.393 e. The van der Waals surface area contributed by atoms with E-state index < -0.39 is 0 Å². The van der Waals surface area contributed by atoms with Crippen molar-refractivity contribution in [3.05, 3.63) is 24.0 Å². The maximum atomic E-state index is 9.11. The molecule has 1 aliphatic rings. The molecular weight excluding hydrogens is 190 g/mol. The van der Waals surface area contributed by atoms with Gasteiger partial charge in [-0.3, -0.25) is 0 Å². The third-order valence-electron chi connectivity index (χ3n) is 2.68. The number of aliphatic hydroxyl groups excluding tert-OH is 1. The van der Waals surface area contributed by atoms with Gasteiger partial charge in [0.2, 0.25) is 0 Å². The van der Waals surface area contributed by atoms with Crippen LogP contribution in [0.15, 0.2) is 18.3 Å². The van der Waals surface area contributed by atoms with Crippen molar-refractivity contribution in [2.24, 2.45) is 5.92 Å². The summed E-state index contributed by atoms with van der Waals surface area (Å²) in [6.45, 7) is 0.866. The third-order valence-corrected chi connectivity index (χ3v) is 2.68. The Kier molecular flexibility index (Phi) is 2.84. The van der Waals surface area contributed by atoms with Crippen molar-refractivity contribution in [3.8, 4) is 6.07 Å². The average molecular weight is 203 g/mol. The van der Waals surface area contributed by atoms with Crippen LogP contribution in [0.2, 0.25) is 0 Å². The van der Waals surface area contributed by atoms with Crippen molar-refractivity contribution in [2.45, 2.75) is 18.9 Å². The Labute approximate surface area is 88.6 Å². The number of aliphatic hydroxyl groups is 1. The first-order valence-corrected chi connectivity index (χ1v) is 5.06. The fourth-order valence-electron chi connectivity index (χ4n) is 1.69. The van der Waals surface area contributed by atoms with Crippen molar-refractivity contribution in [2.75, 3.05) is 11.9 Å². The number of anilines is 1. The van der Waals surface area contributed by atoms with Gasteiger partial charge in [-0.2, -0.15) is 5.26 Å². The molecule has 0 aromatic carbocycles. The number of nitriles is 1. The summed E-state index contributed by atoms with van der Waals surface area (Å²) in [6, 6.07) is 5.52. The van der Waals surface area contributed by atoms with Crippen LogP contribution in [0.4, 0.5) is 5.69 Å². The number of hydrogen-bond donors (Lipinski definition) is 2. The van der Waals surface area contributed by atoms with Crippen LogP contribution in [0.25, 0.3) is 0 Å². The number of nitrogens with zero attached hydrogens (tertiary/aromatic N) is 2. The van der Waals surface area contributed by atoms with E-state index in [0.29, 0.717) is 11.6 Å². The van der Waals surface area contributed by atoms with Crippen LogP contribution in [0.1, 0.15) is 18.5 Å². The van der Waals surface area contributed by atoms with Gasteiger partial charge >= 0.3 is 0 Å². The second kappa shape index (κ2) is 4.28. The van der Waals surface area contributed by atoms with Crippen molar-refractivity contribution in [1.82, 2.24) is 4.98 Å². The van der Waals surface area contributed by atoms with E-state index in [9.17, 15) is 0 Å². The fourth-order valence-corrected chi connectivity index (χ4v) is 1.69. The van der Waals surface area contributed by atoms with E-state index in [4.69, 9.17) is 10.4 Å². The second-order valence-electron chi connectivity index (χ2n) is 3.92. The Morgan fingerprint density at radius 3 is 2.87 bits per heavy atom. The molecule has 0 unspecified atom stereocenters. The van der Waals surface area contributed by atoms with Crippen LogP contribution in [0.3, 0.4) is 0 Å². The molecule has 4 heteroatoms. The van der Waals surface area contributed by atoms with Crippen LogP contribution in [-0.2, 0) is 0 Å². The van der Waals surface area contributed by atoms with E-state index in [1.54, 1.807) is 12.3 Å². The molecule has 4 nitrogen and oxygen atoms in total. The van der Waals surface area contributed by atoms with Crippen LogP contribution in [0.5, 0.6) is 0 Å². The molecule has 0 radical (unpaired) electrons. The zero-order chi connectivity index (χ0) is 10.7. The van der Waals surface area contributed by atoms with Gasteiger partial charge in [-0.15, -0.1) is 0 Å². The molecule has 1 saturated carbocycles. The van der Waals surface area contributed by atoms with E-state index >= 15 is 0 Å². The molecule has 0 amide bonds. The molecule has 1 aliphatic carbocycles. The van der Waals surface area contributed by atoms with Crippen LogP contribution < -0.4 is 5.32 Å². The van der Waals surface area contributed by atoms with Crippen molar-refractivity contribution in [3.63, 3.8) is 0 Å². The Bertz CT molecular complexity index is 362. The number of aromatic nitrogens is 1. The predicted octanol–water partition coefficient (Wildman–Crippen LogP) is 1.14. The molecule has 0 aliphatic heterocycles. The molecule has 0 bridgehead atoms. The first-order chi connectivity index (χ1) is 7.28. The standard InChI is InChI=1S/C11H13N3O/c12-5-9-1-2-10(7-14-9)13-6-8-3-11(15)4-8/h1-2,7-8,11,13,15H,3-4,6H2. The lowest BCUT2D eigenvalue weighted by Crippen LogP contribution is -2.33. The van der Waals surface area contributed by atoms with Gasteiger partial charge in [0.15, 0.2) is 0 Å². The predicted molar refractivity (Wildman–Crippen MR) is 56.2 cm³/mol. The second-order valence-corrected chi connectivity index (χ2v) is 3.92. The molecule has 1 heterocycles.